The minimum atomic E-state index is -6.70. The second-order valence-corrected chi connectivity index (χ2v) is 51.3. The zero-order chi connectivity index (χ0) is 60.2. The van der Waals surface area contributed by atoms with Gasteiger partial charge in [0, 0.05) is 106 Å². The van der Waals surface area contributed by atoms with Crippen molar-refractivity contribution in [3.8, 4) is 0 Å². The molecular formula is C27H36Cl3F27O12Si9. The lowest BCUT2D eigenvalue weighted by Gasteiger charge is -2.63. The van der Waals surface area contributed by atoms with Crippen LogP contribution in [0.4, 0.5) is 119 Å². The van der Waals surface area contributed by atoms with Crippen LogP contribution >= 0.6 is 33.2 Å². The summed E-state index contributed by atoms with van der Waals surface area (Å²) in [6, 6.07) is -20.5. The van der Waals surface area contributed by atoms with Crippen molar-refractivity contribution >= 4 is 110 Å². The lowest BCUT2D eigenvalue weighted by atomic mass is 10.5. The first-order chi connectivity index (χ1) is 34.3. The van der Waals surface area contributed by atoms with E-state index >= 15 is 0 Å². The van der Waals surface area contributed by atoms with Crippen molar-refractivity contribution in [1.29, 1.82) is 0 Å². The summed E-state index contributed by atoms with van der Waals surface area (Å²) in [4.78, 5) is 0. The Kier molecular flexibility index (Phi) is 21.5. The highest BCUT2D eigenvalue weighted by atomic mass is 35.8. The van der Waals surface area contributed by atoms with E-state index in [4.69, 9.17) is 82.6 Å². The highest BCUT2D eigenvalue weighted by Gasteiger charge is 2.84. The molecule has 0 aromatic carbocycles. The first-order valence-corrected chi connectivity index (χ1v) is 42.1. The normalized spacial score (nSPS) is 33.5. The van der Waals surface area contributed by atoms with Crippen molar-refractivity contribution in [2.24, 2.45) is 0 Å². The Morgan fingerprint density at radius 2 is 0.308 bits per heavy atom. The monoisotopic (exact) mass is 1420 g/mol. The summed E-state index contributed by atoms with van der Waals surface area (Å²) in [5.41, 5.74) is 0. The molecule has 6 rings (SSSR count). The van der Waals surface area contributed by atoms with Gasteiger partial charge in [0.1, 0.15) is 0 Å². The van der Waals surface area contributed by atoms with Crippen molar-refractivity contribution in [3.63, 3.8) is 0 Å². The molecule has 0 unspecified atom stereocenters. The zero-order valence-electron chi connectivity index (χ0n) is 38.0. The third kappa shape index (κ3) is 23.7. The van der Waals surface area contributed by atoms with E-state index in [0.29, 0.717) is 0 Å². The summed E-state index contributed by atoms with van der Waals surface area (Å²) in [6.07, 6.45) is -69.7. The smallest absolute Gasteiger partial charge is 0.373 e. The van der Waals surface area contributed by atoms with Gasteiger partial charge in [0.25, 0.3) is 0 Å². The van der Waals surface area contributed by atoms with Gasteiger partial charge in [-0.05, 0) is 6.04 Å². The fraction of sp³-hybridized carbons (Fsp3) is 1.00. The molecule has 6 aliphatic rings. The summed E-state index contributed by atoms with van der Waals surface area (Å²) in [6.45, 7) is 0. The van der Waals surface area contributed by atoms with Crippen molar-refractivity contribution < 1.29 is 168 Å². The van der Waals surface area contributed by atoms with Gasteiger partial charge in [-0.15, -0.1) is 33.2 Å². The van der Waals surface area contributed by atoms with Crippen LogP contribution in [0.15, 0.2) is 0 Å². The maximum atomic E-state index is 14.2. The van der Waals surface area contributed by atoms with Crippen LogP contribution in [0.5, 0.6) is 0 Å². The molecule has 6 heterocycles. The average Bonchev–Trinajstić information content (AvgIpc) is 3.15. The van der Waals surface area contributed by atoms with Crippen molar-refractivity contribution in [2.45, 2.75) is 168 Å². The van der Waals surface area contributed by atoms with Gasteiger partial charge in [-0.2, -0.15) is 119 Å². The topological polar surface area (TPSA) is 111 Å². The highest BCUT2D eigenvalue weighted by molar-refractivity contribution is 7.64. The lowest BCUT2D eigenvalue weighted by molar-refractivity contribution is -0.139. The Morgan fingerprint density at radius 1 is 0.205 bits per heavy atom. The van der Waals surface area contributed by atoms with Crippen molar-refractivity contribution in [2.75, 3.05) is 0 Å². The predicted octanol–water partition coefficient (Wildman–Crippen LogP) is 15.0. The molecule has 0 radical (unpaired) electrons. The van der Waals surface area contributed by atoms with Gasteiger partial charge < -0.3 is 49.4 Å². The van der Waals surface area contributed by atoms with Crippen LogP contribution in [0.2, 0.25) is 54.4 Å². The molecule has 0 saturated carbocycles. The summed E-state index contributed by atoms with van der Waals surface area (Å²) in [5, 5.41) is 0. The summed E-state index contributed by atoms with van der Waals surface area (Å²) < 4.78 is 443. The predicted molar refractivity (Wildman–Crippen MR) is 222 cm³/mol. The number of hydrogen-bond donors (Lipinski definition) is 0. The molecule has 0 amide bonds. The number of halogens is 30. The fourth-order valence-electron chi connectivity index (χ4n) is 7.21. The fourth-order valence-corrected chi connectivity index (χ4v) is 58.9. The Hall–Kier alpha value is 0.452. The minimum absolute atomic E-state index is 0.360. The molecule has 0 atom stereocenters. The molecule has 12 nitrogen and oxygen atoms in total. The molecule has 0 aliphatic carbocycles. The maximum Gasteiger partial charge on any atom is 0.479 e. The minimum Gasteiger partial charge on any atom is -0.373 e. The molecule has 6 saturated heterocycles. The number of rotatable bonds is 18. The van der Waals surface area contributed by atoms with Crippen LogP contribution in [-0.2, 0) is 49.4 Å². The molecule has 0 spiro atoms. The van der Waals surface area contributed by atoms with Crippen LogP contribution in [0.3, 0.4) is 0 Å². The third-order valence-electron chi connectivity index (χ3n) is 10.1. The third-order valence-corrected chi connectivity index (χ3v) is 49.4. The standard InChI is InChI=1S/C24H32F24O12Si8.C3H4Cl3F3Si/c25-17(26,27)1-9-61-49-62(10-2-18(28,29)30)52-65(13-5-21(37,38)39)54-63(50-61,11-3-19(31,32)33)56-67(15-7-23(43,44)45)57-64(51-61,12-4-20(34,35)36)55-66(53-62,14-6-22(40,41)42)59-68(58-65,60-67)16-8-24(46,47)48;4-10(5,6)2-1-3(7,8)9/h1-16H2;1-2H2. The van der Waals surface area contributed by atoms with E-state index in [9.17, 15) is 119 Å². The Balaban J connectivity index is 0.00000119. The second kappa shape index (κ2) is 23.6. The molecule has 6 aliphatic heterocycles. The SMILES string of the molecule is FC(F)(F)CC[Si](Cl)(Cl)Cl.FC(F)(F)CC[Si]12O[Si]3(CCC(F)(F)F)O[Si]4(CCC(F)(F)F)O[Si](CCC(F)(F)F)(O1)O[Si]1(CCC(F)(F)F)O[Si](CCC(F)(F)F)(O2)O[Si](CCC(F)(F)F)(O3)O[Si](CCC(F)(F)F)(O4)O1. The van der Waals surface area contributed by atoms with Crippen molar-refractivity contribution in [3.05, 3.63) is 0 Å². The maximum absolute atomic E-state index is 14.2. The summed E-state index contributed by atoms with van der Waals surface area (Å²) in [7, 11) is -53.6. The van der Waals surface area contributed by atoms with Gasteiger partial charge in [-0.25, -0.2) is 0 Å². The van der Waals surface area contributed by atoms with Crippen LogP contribution in [-0.4, -0.2) is 132 Å². The van der Waals surface area contributed by atoms with E-state index in [2.05, 4.69) is 0 Å². The van der Waals surface area contributed by atoms with E-state index < -0.39 is 238 Å². The van der Waals surface area contributed by atoms with E-state index in [1.165, 1.54) is 0 Å². The van der Waals surface area contributed by atoms with E-state index in [0.717, 1.165) is 0 Å². The van der Waals surface area contributed by atoms with Crippen LogP contribution < -0.4 is 0 Å². The number of hydrogen-bond acceptors (Lipinski definition) is 12. The van der Waals surface area contributed by atoms with Crippen LogP contribution in [0.1, 0.15) is 57.8 Å². The largest absolute Gasteiger partial charge is 0.479 e. The molecule has 0 N–H and O–H groups in total. The Labute approximate surface area is 443 Å². The van der Waals surface area contributed by atoms with E-state index in [-0.39, 0.29) is 6.04 Å². The first-order valence-electron chi connectivity index (χ1n) is 21.4. The molecule has 0 aromatic heterocycles. The molecule has 462 valence electrons. The summed E-state index contributed by atoms with van der Waals surface area (Å²) in [5.74, 6) is 0. The van der Waals surface area contributed by atoms with Gasteiger partial charge in [0.05, 0.1) is 0 Å². The molecule has 51 heteroatoms. The molecule has 78 heavy (non-hydrogen) atoms. The average molecular weight is 1420 g/mol. The Morgan fingerprint density at radius 3 is 0.372 bits per heavy atom. The van der Waals surface area contributed by atoms with Gasteiger partial charge in [0.15, 0.2) is 0 Å². The second-order valence-electron chi connectivity index (χ2n) is 17.3. The van der Waals surface area contributed by atoms with Crippen LogP contribution in [0.25, 0.3) is 0 Å². The van der Waals surface area contributed by atoms with Gasteiger partial charge in [0.2, 0.25) is 0 Å². The Bertz CT molecular complexity index is 1550. The molecule has 6 fully saturated rings. The number of alkyl halides is 27. The van der Waals surface area contributed by atoms with Gasteiger partial charge in [-0.1, -0.05) is 0 Å². The highest BCUT2D eigenvalue weighted by Crippen LogP contribution is 2.57. The molecular weight excluding hydrogens is 1390 g/mol. The van der Waals surface area contributed by atoms with Gasteiger partial charge >= 0.3 is 132 Å². The molecule has 0 aromatic rings. The summed E-state index contributed by atoms with van der Waals surface area (Å²) >= 11 is 15.6. The van der Waals surface area contributed by atoms with E-state index in [1.807, 2.05) is 0 Å². The first kappa shape index (κ1) is 70.9. The lowest BCUT2D eigenvalue weighted by Crippen LogP contribution is -2.88. The quantitative estimate of drug-likeness (QED) is 0.0740. The van der Waals surface area contributed by atoms with Gasteiger partial charge in [-0.3, -0.25) is 0 Å². The van der Waals surface area contributed by atoms with Crippen LogP contribution in [0, 0.1) is 0 Å². The molecule has 8 bridgehead atoms. The van der Waals surface area contributed by atoms with Crippen molar-refractivity contribution in [1.82, 2.24) is 0 Å². The van der Waals surface area contributed by atoms with E-state index in [1.54, 1.807) is 0 Å². The zero-order valence-corrected chi connectivity index (χ0v) is 49.2.